The van der Waals surface area contributed by atoms with Crippen molar-refractivity contribution in [2.45, 2.75) is 19.8 Å². The Labute approximate surface area is 112 Å². The Morgan fingerprint density at radius 1 is 1.26 bits per heavy atom. The molecule has 2 rings (SSSR count). The first-order valence-electron chi connectivity index (χ1n) is 6.47. The van der Waals surface area contributed by atoms with Crippen molar-refractivity contribution in [2.24, 2.45) is 5.92 Å². The van der Waals surface area contributed by atoms with Gasteiger partial charge >= 0.3 is 0 Å². The largest absolute Gasteiger partial charge is 0.372 e. The van der Waals surface area contributed by atoms with Crippen LogP contribution in [0, 0.1) is 5.92 Å². The van der Waals surface area contributed by atoms with Crippen molar-refractivity contribution in [3.63, 3.8) is 0 Å². The van der Waals surface area contributed by atoms with Crippen LogP contribution in [0.5, 0.6) is 0 Å². The number of benzene rings is 1. The molecular weight excluding hydrogens is 244 g/mol. The molecule has 0 atom stereocenters. The average Bonchev–Trinajstić information content (AvgIpc) is 3.21. The lowest BCUT2D eigenvalue weighted by atomic mass is 10.2. The Morgan fingerprint density at radius 2 is 1.95 bits per heavy atom. The maximum Gasteiger partial charge on any atom is 0.250 e. The SMILES string of the molecule is CCOCC(=O)Nc1cccc(NC(=O)C2CC2)c1. The molecule has 1 aliphatic rings. The molecular formula is C14H18N2O3. The van der Waals surface area contributed by atoms with Crippen molar-refractivity contribution in [1.29, 1.82) is 0 Å². The molecule has 5 heteroatoms. The van der Waals surface area contributed by atoms with Gasteiger partial charge in [-0.3, -0.25) is 9.59 Å². The monoisotopic (exact) mass is 262 g/mol. The zero-order valence-electron chi connectivity index (χ0n) is 10.9. The summed E-state index contributed by atoms with van der Waals surface area (Å²) in [4.78, 5) is 23.1. The molecule has 2 amide bonds. The van der Waals surface area contributed by atoms with Crippen LogP contribution in [-0.2, 0) is 14.3 Å². The molecule has 0 saturated heterocycles. The molecule has 1 saturated carbocycles. The van der Waals surface area contributed by atoms with Crippen molar-refractivity contribution >= 4 is 23.2 Å². The summed E-state index contributed by atoms with van der Waals surface area (Å²) in [5, 5.41) is 5.56. The number of amides is 2. The van der Waals surface area contributed by atoms with Gasteiger partial charge in [0.2, 0.25) is 11.8 Å². The first-order chi connectivity index (χ1) is 9.19. The number of anilines is 2. The fraction of sp³-hybridized carbons (Fsp3) is 0.429. The van der Waals surface area contributed by atoms with Gasteiger partial charge in [0.05, 0.1) is 0 Å². The Balaban J connectivity index is 1.90. The second kappa shape index (κ2) is 6.33. The molecule has 0 bridgehead atoms. The van der Waals surface area contributed by atoms with Gasteiger partial charge in [0.1, 0.15) is 6.61 Å². The van der Waals surface area contributed by atoms with Crippen LogP contribution in [-0.4, -0.2) is 25.0 Å². The number of carbonyl (C=O) groups is 2. The van der Waals surface area contributed by atoms with E-state index in [1.165, 1.54) is 0 Å². The molecule has 2 N–H and O–H groups in total. The van der Waals surface area contributed by atoms with Gasteiger partial charge in [0.25, 0.3) is 0 Å². The second-order valence-electron chi connectivity index (χ2n) is 4.53. The van der Waals surface area contributed by atoms with Gasteiger partial charge in [-0.2, -0.15) is 0 Å². The Kier molecular flexibility index (Phi) is 4.52. The summed E-state index contributed by atoms with van der Waals surface area (Å²) in [6.45, 7) is 2.38. The van der Waals surface area contributed by atoms with Crippen LogP contribution >= 0.6 is 0 Å². The smallest absolute Gasteiger partial charge is 0.250 e. The third-order valence-electron chi connectivity index (χ3n) is 2.80. The highest BCUT2D eigenvalue weighted by atomic mass is 16.5. The highest BCUT2D eigenvalue weighted by molar-refractivity contribution is 5.96. The second-order valence-corrected chi connectivity index (χ2v) is 4.53. The van der Waals surface area contributed by atoms with Gasteiger partial charge < -0.3 is 15.4 Å². The van der Waals surface area contributed by atoms with E-state index in [9.17, 15) is 9.59 Å². The van der Waals surface area contributed by atoms with Crippen molar-refractivity contribution in [3.05, 3.63) is 24.3 Å². The molecule has 5 nitrogen and oxygen atoms in total. The summed E-state index contributed by atoms with van der Waals surface area (Å²) in [6.07, 6.45) is 1.94. The minimum Gasteiger partial charge on any atom is -0.372 e. The van der Waals surface area contributed by atoms with E-state index in [-0.39, 0.29) is 24.3 Å². The topological polar surface area (TPSA) is 67.4 Å². The minimum absolute atomic E-state index is 0.0369. The van der Waals surface area contributed by atoms with E-state index in [1.807, 2.05) is 6.92 Å². The zero-order valence-corrected chi connectivity index (χ0v) is 10.9. The van der Waals surface area contributed by atoms with E-state index in [0.717, 1.165) is 12.8 Å². The average molecular weight is 262 g/mol. The molecule has 1 fully saturated rings. The van der Waals surface area contributed by atoms with E-state index < -0.39 is 0 Å². The van der Waals surface area contributed by atoms with Crippen LogP contribution in [0.15, 0.2) is 24.3 Å². The number of hydrogen-bond donors (Lipinski definition) is 2. The van der Waals surface area contributed by atoms with Gasteiger partial charge in [0, 0.05) is 23.9 Å². The van der Waals surface area contributed by atoms with Crippen LogP contribution in [0.1, 0.15) is 19.8 Å². The lowest BCUT2D eigenvalue weighted by Gasteiger charge is -2.08. The predicted molar refractivity (Wildman–Crippen MR) is 72.9 cm³/mol. The lowest BCUT2D eigenvalue weighted by Crippen LogP contribution is -2.18. The minimum atomic E-state index is -0.201. The lowest BCUT2D eigenvalue weighted by molar-refractivity contribution is -0.120. The van der Waals surface area contributed by atoms with Gasteiger partial charge in [-0.05, 0) is 38.0 Å². The fourth-order valence-electron chi connectivity index (χ4n) is 1.66. The van der Waals surface area contributed by atoms with Crippen molar-refractivity contribution in [1.82, 2.24) is 0 Å². The molecule has 0 spiro atoms. The van der Waals surface area contributed by atoms with E-state index >= 15 is 0 Å². The normalized spacial score (nSPS) is 13.9. The summed E-state index contributed by atoms with van der Waals surface area (Å²) < 4.78 is 5.02. The molecule has 0 aromatic heterocycles. The number of hydrogen-bond acceptors (Lipinski definition) is 3. The highest BCUT2D eigenvalue weighted by Gasteiger charge is 2.29. The standard InChI is InChI=1S/C14H18N2O3/c1-2-19-9-13(17)15-11-4-3-5-12(8-11)16-14(18)10-6-7-10/h3-5,8,10H,2,6-7,9H2,1H3,(H,15,17)(H,16,18). The van der Waals surface area contributed by atoms with E-state index in [0.29, 0.717) is 18.0 Å². The number of rotatable bonds is 6. The fourth-order valence-corrected chi connectivity index (χ4v) is 1.66. The molecule has 0 aliphatic heterocycles. The van der Waals surface area contributed by atoms with E-state index in [2.05, 4.69) is 10.6 Å². The molecule has 19 heavy (non-hydrogen) atoms. The van der Waals surface area contributed by atoms with Crippen LogP contribution in [0.2, 0.25) is 0 Å². The number of nitrogens with one attached hydrogen (secondary N) is 2. The number of carbonyl (C=O) groups excluding carboxylic acids is 2. The van der Waals surface area contributed by atoms with Crippen molar-refractivity contribution < 1.29 is 14.3 Å². The highest BCUT2D eigenvalue weighted by Crippen LogP contribution is 2.30. The first-order valence-corrected chi connectivity index (χ1v) is 6.47. The molecule has 0 radical (unpaired) electrons. The molecule has 0 unspecified atom stereocenters. The first kappa shape index (κ1) is 13.5. The van der Waals surface area contributed by atoms with Crippen LogP contribution < -0.4 is 10.6 Å². The van der Waals surface area contributed by atoms with Gasteiger partial charge in [-0.25, -0.2) is 0 Å². The molecule has 102 valence electrons. The third kappa shape index (κ3) is 4.37. The Hall–Kier alpha value is -1.88. The Morgan fingerprint density at radius 3 is 2.58 bits per heavy atom. The van der Waals surface area contributed by atoms with E-state index in [1.54, 1.807) is 24.3 Å². The summed E-state index contributed by atoms with van der Waals surface area (Å²) in [7, 11) is 0. The van der Waals surface area contributed by atoms with Gasteiger partial charge in [-0.1, -0.05) is 6.07 Å². The molecule has 1 aromatic rings. The maximum atomic E-state index is 11.6. The van der Waals surface area contributed by atoms with Crippen LogP contribution in [0.25, 0.3) is 0 Å². The van der Waals surface area contributed by atoms with Gasteiger partial charge in [0.15, 0.2) is 0 Å². The van der Waals surface area contributed by atoms with Gasteiger partial charge in [-0.15, -0.1) is 0 Å². The summed E-state index contributed by atoms with van der Waals surface area (Å²) in [5.74, 6) is 0.0153. The predicted octanol–water partition coefficient (Wildman–Crippen LogP) is 2.01. The van der Waals surface area contributed by atoms with Crippen molar-refractivity contribution in [2.75, 3.05) is 23.8 Å². The molecule has 1 aliphatic carbocycles. The Bertz CT molecular complexity index is 470. The van der Waals surface area contributed by atoms with Crippen LogP contribution in [0.3, 0.4) is 0 Å². The zero-order chi connectivity index (χ0) is 13.7. The molecule has 0 heterocycles. The van der Waals surface area contributed by atoms with Crippen molar-refractivity contribution in [3.8, 4) is 0 Å². The summed E-state index contributed by atoms with van der Waals surface area (Å²) in [6, 6.07) is 7.11. The maximum absolute atomic E-state index is 11.6. The number of ether oxygens (including phenoxy) is 1. The van der Waals surface area contributed by atoms with Crippen LogP contribution in [0.4, 0.5) is 11.4 Å². The van der Waals surface area contributed by atoms with E-state index in [4.69, 9.17) is 4.74 Å². The molecule has 1 aromatic carbocycles. The summed E-state index contributed by atoms with van der Waals surface area (Å²) >= 11 is 0. The third-order valence-corrected chi connectivity index (χ3v) is 2.80. The quantitative estimate of drug-likeness (QED) is 0.824. The summed E-state index contributed by atoms with van der Waals surface area (Å²) in [5.41, 5.74) is 1.35.